The molecule has 0 aliphatic heterocycles. The molecular weight excluding hydrogens is 324 g/mol. The van der Waals surface area contributed by atoms with Crippen LogP contribution < -0.4 is 10.1 Å². The van der Waals surface area contributed by atoms with E-state index in [-0.39, 0.29) is 12.6 Å². The van der Waals surface area contributed by atoms with Crippen molar-refractivity contribution in [2.45, 2.75) is 19.4 Å². The number of carbonyl (C=O) groups excluding carboxylic acids is 1. The van der Waals surface area contributed by atoms with Gasteiger partial charge in [-0.15, -0.1) is 0 Å². The molecule has 0 saturated carbocycles. The van der Waals surface area contributed by atoms with Crippen molar-refractivity contribution in [3.05, 3.63) is 28.7 Å². The first kappa shape index (κ1) is 16.8. The highest BCUT2D eigenvalue weighted by atomic mass is 79.9. The van der Waals surface area contributed by atoms with E-state index in [0.717, 1.165) is 10.2 Å². The van der Waals surface area contributed by atoms with Crippen molar-refractivity contribution in [1.82, 2.24) is 10.2 Å². The van der Waals surface area contributed by atoms with Crippen LogP contribution in [0, 0.1) is 0 Å². The Balaban J connectivity index is 2.25. The van der Waals surface area contributed by atoms with Gasteiger partial charge in [-0.25, -0.2) is 4.79 Å². The van der Waals surface area contributed by atoms with Crippen molar-refractivity contribution in [2.75, 3.05) is 26.7 Å². The maximum absolute atomic E-state index is 11.7. The minimum absolute atomic E-state index is 0.232. The summed E-state index contributed by atoms with van der Waals surface area (Å²) in [5.74, 6) is 0.749. The Bertz CT molecular complexity index is 446. The van der Waals surface area contributed by atoms with Gasteiger partial charge in [0.25, 0.3) is 0 Å². The molecule has 0 aliphatic rings. The molecule has 0 atom stereocenters. The lowest BCUT2D eigenvalue weighted by molar-refractivity contribution is 0.0531. The van der Waals surface area contributed by atoms with Gasteiger partial charge in [-0.2, -0.15) is 0 Å². The molecule has 0 aliphatic carbocycles. The van der Waals surface area contributed by atoms with E-state index >= 15 is 0 Å². The summed E-state index contributed by atoms with van der Waals surface area (Å²) in [6, 6.07) is 7.29. The third-order valence-corrected chi connectivity index (χ3v) is 2.91. The number of amides is 2. The van der Waals surface area contributed by atoms with E-state index in [1.54, 1.807) is 20.9 Å². The van der Waals surface area contributed by atoms with Gasteiger partial charge in [-0.1, -0.05) is 22.0 Å². The van der Waals surface area contributed by atoms with Crippen molar-refractivity contribution in [3.8, 4) is 5.75 Å². The van der Waals surface area contributed by atoms with Gasteiger partial charge in [0.05, 0.1) is 18.7 Å². The van der Waals surface area contributed by atoms with Crippen LogP contribution in [0.1, 0.15) is 13.8 Å². The summed E-state index contributed by atoms with van der Waals surface area (Å²) >= 11 is 3.36. The van der Waals surface area contributed by atoms with E-state index in [4.69, 9.17) is 4.74 Å². The first-order chi connectivity index (χ1) is 9.28. The van der Waals surface area contributed by atoms with E-state index in [1.807, 2.05) is 24.3 Å². The van der Waals surface area contributed by atoms with Gasteiger partial charge in [-0.3, -0.25) is 0 Å². The summed E-state index contributed by atoms with van der Waals surface area (Å²) in [6.07, 6.45) is 0. The van der Waals surface area contributed by atoms with Crippen LogP contribution in [0.15, 0.2) is 28.7 Å². The van der Waals surface area contributed by atoms with Gasteiger partial charge in [-0.05, 0) is 32.0 Å². The fourth-order valence-corrected chi connectivity index (χ4v) is 2.05. The van der Waals surface area contributed by atoms with E-state index in [2.05, 4.69) is 21.2 Å². The summed E-state index contributed by atoms with van der Waals surface area (Å²) in [6.45, 7) is 4.38. The van der Waals surface area contributed by atoms with Gasteiger partial charge in [0.1, 0.15) is 12.4 Å². The predicted octanol–water partition coefficient (Wildman–Crippen LogP) is 2.24. The quantitative estimate of drug-likeness (QED) is 0.778. The molecule has 0 bridgehead atoms. The van der Waals surface area contributed by atoms with Crippen molar-refractivity contribution < 1.29 is 14.6 Å². The van der Waals surface area contributed by atoms with Crippen LogP contribution in [0.5, 0.6) is 5.75 Å². The number of nitrogens with zero attached hydrogens (tertiary/aromatic N) is 1. The van der Waals surface area contributed by atoms with Crippen LogP contribution >= 0.6 is 15.9 Å². The van der Waals surface area contributed by atoms with Gasteiger partial charge < -0.3 is 20.1 Å². The molecule has 2 amide bonds. The van der Waals surface area contributed by atoms with Gasteiger partial charge >= 0.3 is 6.03 Å². The third kappa shape index (κ3) is 6.77. The lowest BCUT2D eigenvalue weighted by Crippen LogP contribution is -2.45. The van der Waals surface area contributed by atoms with E-state index in [9.17, 15) is 9.90 Å². The number of ether oxygens (including phenoxy) is 1. The Hall–Kier alpha value is -1.27. The number of likely N-dealkylation sites (N-methyl/N-ethyl adjacent to an activating group) is 1. The Morgan fingerprint density at radius 2 is 2.20 bits per heavy atom. The summed E-state index contributed by atoms with van der Waals surface area (Å²) in [4.78, 5) is 13.2. The summed E-state index contributed by atoms with van der Waals surface area (Å²) in [7, 11) is 1.64. The number of benzene rings is 1. The molecule has 0 spiro atoms. The first-order valence-electron chi connectivity index (χ1n) is 6.38. The first-order valence-corrected chi connectivity index (χ1v) is 7.17. The largest absolute Gasteiger partial charge is 0.492 e. The summed E-state index contributed by atoms with van der Waals surface area (Å²) < 4.78 is 6.45. The molecular formula is C14H21BrN2O3. The summed E-state index contributed by atoms with van der Waals surface area (Å²) in [5, 5.41) is 12.4. The Kier molecular flexibility index (Phi) is 6.29. The monoisotopic (exact) mass is 344 g/mol. The number of urea groups is 1. The van der Waals surface area contributed by atoms with Crippen LogP contribution in [0.2, 0.25) is 0 Å². The van der Waals surface area contributed by atoms with E-state index in [1.165, 1.54) is 4.90 Å². The second kappa shape index (κ2) is 7.50. The van der Waals surface area contributed by atoms with E-state index in [0.29, 0.717) is 13.2 Å². The van der Waals surface area contributed by atoms with E-state index < -0.39 is 5.60 Å². The zero-order valence-electron chi connectivity index (χ0n) is 12.0. The number of halogens is 1. The molecule has 1 aromatic rings. The standard InChI is InChI=1S/C14H21BrN2O3/c1-14(2,19)10-17(3)13(18)16-7-8-20-12-6-4-5-11(15)9-12/h4-6,9,19H,7-8,10H2,1-3H3,(H,16,18). The molecule has 1 aromatic carbocycles. The van der Waals surface area contributed by atoms with Crippen LogP contribution in [-0.2, 0) is 0 Å². The third-order valence-electron chi connectivity index (χ3n) is 2.41. The topological polar surface area (TPSA) is 61.8 Å². The van der Waals surface area contributed by atoms with Crippen LogP contribution in [-0.4, -0.2) is 48.4 Å². The van der Waals surface area contributed by atoms with Crippen molar-refractivity contribution in [3.63, 3.8) is 0 Å². The molecule has 1 rings (SSSR count). The van der Waals surface area contributed by atoms with Crippen molar-refractivity contribution in [1.29, 1.82) is 0 Å². The number of aliphatic hydroxyl groups is 1. The number of hydrogen-bond donors (Lipinski definition) is 2. The highest BCUT2D eigenvalue weighted by Crippen LogP contribution is 2.17. The summed E-state index contributed by atoms with van der Waals surface area (Å²) in [5.41, 5.74) is -0.904. The van der Waals surface area contributed by atoms with Crippen LogP contribution in [0.3, 0.4) is 0 Å². The fourth-order valence-electron chi connectivity index (χ4n) is 1.67. The number of carbonyl (C=O) groups is 1. The SMILES string of the molecule is CN(CC(C)(C)O)C(=O)NCCOc1cccc(Br)c1. The van der Waals surface area contributed by atoms with Crippen LogP contribution in [0.25, 0.3) is 0 Å². The van der Waals surface area contributed by atoms with Gasteiger partial charge in [0.15, 0.2) is 0 Å². The predicted molar refractivity (Wildman–Crippen MR) is 82.0 cm³/mol. The Morgan fingerprint density at radius 1 is 1.50 bits per heavy atom. The Morgan fingerprint density at radius 3 is 2.80 bits per heavy atom. The minimum Gasteiger partial charge on any atom is -0.492 e. The van der Waals surface area contributed by atoms with Crippen molar-refractivity contribution in [2.24, 2.45) is 0 Å². The molecule has 0 heterocycles. The Labute approximate surface area is 128 Å². The fraction of sp³-hybridized carbons (Fsp3) is 0.500. The second-order valence-electron chi connectivity index (χ2n) is 5.21. The molecule has 0 radical (unpaired) electrons. The van der Waals surface area contributed by atoms with Crippen LogP contribution in [0.4, 0.5) is 4.79 Å². The molecule has 20 heavy (non-hydrogen) atoms. The maximum atomic E-state index is 11.7. The lowest BCUT2D eigenvalue weighted by atomic mass is 10.1. The lowest BCUT2D eigenvalue weighted by Gasteiger charge is -2.25. The van der Waals surface area contributed by atoms with Gasteiger partial charge in [0.2, 0.25) is 0 Å². The second-order valence-corrected chi connectivity index (χ2v) is 6.12. The van der Waals surface area contributed by atoms with Gasteiger partial charge in [0, 0.05) is 11.5 Å². The number of rotatable bonds is 6. The molecule has 0 unspecified atom stereocenters. The minimum atomic E-state index is -0.904. The molecule has 6 heteroatoms. The molecule has 0 fully saturated rings. The normalized spacial score (nSPS) is 11.1. The van der Waals surface area contributed by atoms with Crippen molar-refractivity contribution >= 4 is 22.0 Å². The average Bonchev–Trinajstić information content (AvgIpc) is 2.32. The smallest absolute Gasteiger partial charge is 0.317 e. The number of nitrogens with one attached hydrogen (secondary N) is 1. The average molecular weight is 345 g/mol. The molecule has 2 N–H and O–H groups in total. The zero-order valence-corrected chi connectivity index (χ0v) is 13.6. The highest BCUT2D eigenvalue weighted by molar-refractivity contribution is 9.10. The molecule has 5 nitrogen and oxygen atoms in total. The molecule has 112 valence electrons. The number of hydrogen-bond acceptors (Lipinski definition) is 3. The maximum Gasteiger partial charge on any atom is 0.317 e. The molecule has 0 saturated heterocycles. The zero-order chi connectivity index (χ0) is 15.2. The highest BCUT2D eigenvalue weighted by Gasteiger charge is 2.18. The molecule has 0 aromatic heterocycles.